The molecule has 0 radical (unpaired) electrons. The van der Waals surface area contributed by atoms with Crippen molar-refractivity contribution in [3.63, 3.8) is 0 Å². The maximum absolute atomic E-state index is 10.7. The average Bonchev–Trinajstić information content (AvgIpc) is 2.27. The molecule has 1 saturated carbocycles. The fourth-order valence-electron chi connectivity index (χ4n) is 2.87. The summed E-state index contributed by atoms with van der Waals surface area (Å²) < 4.78 is 0. The Bertz CT molecular complexity index is 198. The highest BCUT2D eigenvalue weighted by atomic mass is 16.3. The van der Waals surface area contributed by atoms with Gasteiger partial charge in [-0.1, -0.05) is 40.5 Å². The molecule has 1 heteroatoms. The molecular formula is C14H28O. The fourth-order valence-corrected chi connectivity index (χ4v) is 2.87. The van der Waals surface area contributed by atoms with Crippen LogP contribution >= 0.6 is 0 Å². The number of aliphatic hydroxyl groups is 1. The van der Waals surface area contributed by atoms with Crippen LogP contribution in [-0.4, -0.2) is 10.7 Å². The Balaban J connectivity index is 2.61. The highest BCUT2D eigenvalue weighted by Gasteiger charge is 2.37. The standard InChI is InChI=1S/C14H28O/c1-5-7-12(2)14(15)9-6-8-13(3,4)10-11-14/h12,15H,5-11H2,1-4H3. The van der Waals surface area contributed by atoms with Gasteiger partial charge < -0.3 is 5.11 Å². The number of hydrogen-bond acceptors (Lipinski definition) is 1. The van der Waals surface area contributed by atoms with Gasteiger partial charge in [-0.25, -0.2) is 0 Å². The van der Waals surface area contributed by atoms with E-state index in [1.54, 1.807) is 0 Å². The lowest BCUT2D eigenvalue weighted by Gasteiger charge is -2.34. The van der Waals surface area contributed by atoms with E-state index >= 15 is 0 Å². The zero-order valence-electron chi connectivity index (χ0n) is 11.0. The topological polar surface area (TPSA) is 20.2 Å². The van der Waals surface area contributed by atoms with Gasteiger partial charge in [0, 0.05) is 0 Å². The summed E-state index contributed by atoms with van der Waals surface area (Å²) >= 11 is 0. The Kier molecular flexibility index (Phi) is 4.22. The van der Waals surface area contributed by atoms with Crippen LogP contribution in [0.5, 0.6) is 0 Å². The number of hydrogen-bond donors (Lipinski definition) is 1. The van der Waals surface area contributed by atoms with Crippen LogP contribution in [0.15, 0.2) is 0 Å². The van der Waals surface area contributed by atoms with E-state index in [9.17, 15) is 5.11 Å². The lowest BCUT2D eigenvalue weighted by molar-refractivity contribution is -0.0305. The molecule has 0 aromatic carbocycles. The third-order valence-corrected chi connectivity index (χ3v) is 4.34. The van der Waals surface area contributed by atoms with E-state index in [1.807, 2.05) is 0 Å². The maximum atomic E-state index is 10.7. The van der Waals surface area contributed by atoms with Crippen molar-refractivity contribution < 1.29 is 5.11 Å². The molecule has 0 saturated heterocycles. The smallest absolute Gasteiger partial charge is 0.0673 e. The Morgan fingerprint density at radius 1 is 1.13 bits per heavy atom. The van der Waals surface area contributed by atoms with E-state index in [1.165, 1.54) is 25.7 Å². The van der Waals surface area contributed by atoms with Gasteiger partial charge in [0.25, 0.3) is 0 Å². The largest absolute Gasteiger partial charge is 0.390 e. The van der Waals surface area contributed by atoms with Gasteiger partial charge in [-0.2, -0.15) is 0 Å². The first kappa shape index (κ1) is 13.0. The van der Waals surface area contributed by atoms with Crippen molar-refractivity contribution in [2.75, 3.05) is 0 Å². The highest BCUT2D eigenvalue weighted by Crippen LogP contribution is 2.42. The van der Waals surface area contributed by atoms with Gasteiger partial charge in [0.2, 0.25) is 0 Å². The van der Waals surface area contributed by atoms with Crippen molar-refractivity contribution in [3.05, 3.63) is 0 Å². The molecule has 0 aromatic rings. The molecule has 90 valence electrons. The third-order valence-electron chi connectivity index (χ3n) is 4.34. The molecule has 0 spiro atoms. The normalized spacial score (nSPS) is 33.4. The molecular weight excluding hydrogens is 184 g/mol. The minimum absolute atomic E-state index is 0.371. The monoisotopic (exact) mass is 212 g/mol. The fraction of sp³-hybridized carbons (Fsp3) is 1.00. The van der Waals surface area contributed by atoms with Gasteiger partial charge in [-0.05, 0) is 43.4 Å². The van der Waals surface area contributed by atoms with Crippen LogP contribution in [0.4, 0.5) is 0 Å². The van der Waals surface area contributed by atoms with E-state index < -0.39 is 0 Å². The lowest BCUT2D eigenvalue weighted by atomic mass is 9.78. The zero-order chi connectivity index (χ0) is 11.5. The molecule has 0 bridgehead atoms. The van der Waals surface area contributed by atoms with Gasteiger partial charge in [-0.3, -0.25) is 0 Å². The average molecular weight is 212 g/mol. The molecule has 1 aliphatic carbocycles. The molecule has 0 amide bonds. The van der Waals surface area contributed by atoms with Crippen molar-refractivity contribution in [1.82, 2.24) is 0 Å². The Labute approximate surface area is 95.3 Å². The minimum Gasteiger partial charge on any atom is -0.390 e. The van der Waals surface area contributed by atoms with Gasteiger partial charge in [0.15, 0.2) is 0 Å². The summed E-state index contributed by atoms with van der Waals surface area (Å²) in [6, 6.07) is 0. The van der Waals surface area contributed by atoms with Crippen molar-refractivity contribution in [1.29, 1.82) is 0 Å². The van der Waals surface area contributed by atoms with E-state index in [2.05, 4.69) is 27.7 Å². The van der Waals surface area contributed by atoms with E-state index in [-0.39, 0.29) is 5.60 Å². The zero-order valence-corrected chi connectivity index (χ0v) is 11.0. The maximum Gasteiger partial charge on any atom is 0.0673 e. The minimum atomic E-state index is -0.371. The predicted molar refractivity (Wildman–Crippen MR) is 65.9 cm³/mol. The second-order valence-electron chi connectivity index (χ2n) is 6.31. The summed E-state index contributed by atoms with van der Waals surface area (Å²) in [4.78, 5) is 0. The lowest BCUT2D eigenvalue weighted by Crippen LogP contribution is -2.36. The van der Waals surface area contributed by atoms with Crippen LogP contribution in [0.25, 0.3) is 0 Å². The first-order valence-corrected chi connectivity index (χ1v) is 6.62. The molecule has 0 heterocycles. The Morgan fingerprint density at radius 3 is 2.40 bits per heavy atom. The second kappa shape index (κ2) is 4.86. The van der Waals surface area contributed by atoms with Crippen LogP contribution < -0.4 is 0 Å². The molecule has 1 aliphatic rings. The van der Waals surface area contributed by atoms with E-state index in [0.29, 0.717) is 11.3 Å². The van der Waals surface area contributed by atoms with Crippen molar-refractivity contribution in [2.45, 2.75) is 78.2 Å². The van der Waals surface area contributed by atoms with Crippen LogP contribution in [0, 0.1) is 11.3 Å². The van der Waals surface area contributed by atoms with Crippen LogP contribution in [-0.2, 0) is 0 Å². The highest BCUT2D eigenvalue weighted by molar-refractivity contribution is 4.89. The molecule has 0 aliphatic heterocycles. The molecule has 15 heavy (non-hydrogen) atoms. The summed E-state index contributed by atoms with van der Waals surface area (Å²) in [5.41, 5.74) is 0.0696. The Hall–Kier alpha value is -0.0400. The quantitative estimate of drug-likeness (QED) is 0.697. The van der Waals surface area contributed by atoms with Crippen LogP contribution in [0.1, 0.15) is 72.6 Å². The first-order chi connectivity index (χ1) is 6.90. The predicted octanol–water partition coefficient (Wildman–Crippen LogP) is 4.14. The molecule has 2 unspecified atom stereocenters. The van der Waals surface area contributed by atoms with Gasteiger partial charge in [0.05, 0.1) is 5.60 Å². The summed E-state index contributed by atoms with van der Waals surface area (Å²) in [5, 5.41) is 10.7. The summed E-state index contributed by atoms with van der Waals surface area (Å²) in [7, 11) is 0. The molecule has 1 rings (SSSR count). The summed E-state index contributed by atoms with van der Waals surface area (Å²) in [5.74, 6) is 0.469. The third kappa shape index (κ3) is 3.48. The summed E-state index contributed by atoms with van der Waals surface area (Å²) in [6.07, 6.45) is 8.01. The number of rotatable bonds is 3. The SMILES string of the molecule is CCCC(C)C1(O)CCCC(C)(C)CC1. The molecule has 0 aromatic heterocycles. The Morgan fingerprint density at radius 2 is 1.80 bits per heavy atom. The van der Waals surface area contributed by atoms with Crippen LogP contribution in [0.2, 0.25) is 0 Å². The van der Waals surface area contributed by atoms with Gasteiger partial charge in [0.1, 0.15) is 0 Å². The van der Waals surface area contributed by atoms with Crippen LogP contribution in [0.3, 0.4) is 0 Å². The molecule has 1 fully saturated rings. The van der Waals surface area contributed by atoms with Crippen molar-refractivity contribution >= 4 is 0 Å². The molecule has 1 N–H and O–H groups in total. The second-order valence-corrected chi connectivity index (χ2v) is 6.31. The van der Waals surface area contributed by atoms with E-state index in [0.717, 1.165) is 19.3 Å². The van der Waals surface area contributed by atoms with Gasteiger partial charge in [-0.15, -0.1) is 0 Å². The van der Waals surface area contributed by atoms with E-state index in [4.69, 9.17) is 0 Å². The summed E-state index contributed by atoms with van der Waals surface area (Å²) in [6.45, 7) is 9.11. The molecule has 1 nitrogen and oxygen atoms in total. The van der Waals surface area contributed by atoms with Crippen molar-refractivity contribution in [3.8, 4) is 0 Å². The van der Waals surface area contributed by atoms with Gasteiger partial charge >= 0.3 is 0 Å². The van der Waals surface area contributed by atoms with Crippen molar-refractivity contribution in [2.24, 2.45) is 11.3 Å². The first-order valence-electron chi connectivity index (χ1n) is 6.62. The molecule has 2 atom stereocenters.